The molecule has 1 aliphatic rings. The minimum atomic E-state index is -4.82. The molecule has 128 valence electrons. The predicted molar refractivity (Wildman–Crippen MR) is 86.3 cm³/mol. The Kier molecular flexibility index (Phi) is 4.64. The van der Waals surface area contributed by atoms with Crippen LogP contribution < -0.4 is 5.32 Å². The van der Waals surface area contributed by atoms with Gasteiger partial charge in [0.15, 0.2) is 10.8 Å². The van der Waals surface area contributed by atoms with Gasteiger partial charge in [-0.05, 0) is 72.5 Å². The van der Waals surface area contributed by atoms with Crippen molar-refractivity contribution in [3.05, 3.63) is 47.5 Å². The largest absolute Gasteiger partial charge is 0.508 e. The summed E-state index contributed by atoms with van der Waals surface area (Å²) in [7, 11) is -3.10. The van der Waals surface area contributed by atoms with Crippen molar-refractivity contribution in [3.63, 3.8) is 0 Å². The SMILES string of the molecule is O=S(c1cc2c(cc1-c1ccc(O)cc1)CCNCC2)C(F)(F)F. The summed E-state index contributed by atoms with van der Waals surface area (Å²) in [4.78, 5) is -0.228. The van der Waals surface area contributed by atoms with Gasteiger partial charge < -0.3 is 10.4 Å². The second kappa shape index (κ2) is 6.57. The summed E-state index contributed by atoms with van der Waals surface area (Å²) < 4.78 is 51.2. The quantitative estimate of drug-likeness (QED) is 0.868. The van der Waals surface area contributed by atoms with Crippen LogP contribution in [0.3, 0.4) is 0 Å². The van der Waals surface area contributed by atoms with Crippen molar-refractivity contribution in [3.8, 4) is 16.9 Å². The molecule has 1 atom stereocenters. The summed E-state index contributed by atoms with van der Waals surface area (Å²) in [5, 5.41) is 12.6. The highest BCUT2D eigenvalue weighted by Crippen LogP contribution is 2.36. The lowest BCUT2D eigenvalue weighted by Crippen LogP contribution is -2.17. The average molecular weight is 355 g/mol. The fraction of sp³-hybridized carbons (Fsp3) is 0.294. The van der Waals surface area contributed by atoms with E-state index in [2.05, 4.69) is 5.32 Å². The summed E-state index contributed by atoms with van der Waals surface area (Å²) >= 11 is 0. The van der Waals surface area contributed by atoms with Gasteiger partial charge in [0.25, 0.3) is 0 Å². The van der Waals surface area contributed by atoms with Gasteiger partial charge >= 0.3 is 5.51 Å². The van der Waals surface area contributed by atoms with Crippen LogP contribution in [0.5, 0.6) is 5.75 Å². The molecule has 2 aromatic carbocycles. The Morgan fingerprint density at radius 1 is 1.00 bits per heavy atom. The molecule has 0 bridgehead atoms. The molecule has 0 aromatic heterocycles. The van der Waals surface area contributed by atoms with Crippen LogP contribution in [0.4, 0.5) is 13.2 Å². The molecule has 1 aliphatic heterocycles. The van der Waals surface area contributed by atoms with E-state index in [1.807, 2.05) is 0 Å². The van der Waals surface area contributed by atoms with Gasteiger partial charge in [-0.15, -0.1) is 0 Å². The minimum absolute atomic E-state index is 0.0243. The normalized spacial score (nSPS) is 16.3. The Hall–Kier alpha value is -1.86. The molecule has 0 spiro atoms. The van der Waals surface area contributed by atoms with Gasteiger partial charge in [0.1, 0.15) is 5.75 Å². The summed E-state index contributed by atoms with van der Waals surface area (Å²) in [6, 6.07) is 9.00. The van der Waals surface area contributed by atoms with Gasteiger partial charge in [-0.1, -0.05) is 12.1 Å². The van der Waals surface area contributed by atoms with Gasteiger partial charge in [0.2, 0.25) is 0 Å². The van der Waals surface area contributed by atoms with E-state index in [4.69, 9.17) is 0 Å². The molecular formula is C17H16F3NO2S. The molecule has 2 aromatic rings. The lowest BCUT2D eigenvalue weighted by molar-refractivity contribution is -0.0384. The molecule has 7 heteroatoms. The summed E-state index contributed by atoms with van der Waals surface area (Å²) in [5.41, 5.74) is -2.25. The van der Waals surface area contributed by atoms with E-state index in [0.29, 0.717) is 30.5 Å². The number of hydrogen-bond donors (Lipinski definition) is 2. The van der Waals surface area contributed by atoms with Crippen molar-refractivity contribution in [2.45, 2.75) is 23.2 Å². The Morgan fingerprint density at radius 3 is 2.17 bits per heavy atom. The fourth-order valence-corrected chi connectivity index (χ4v) is 3.72. The van der Waals surface area contributed by atoms with Crippen LogP contribution in [0, 0.1) is 0 Å². The number of benzene rings is 2. The molecule has 0 radical (unpaired) electrons. The highest BCUT2D eigenvalue weighted by molar-refractivity contribution is 7.86. The molecular weight excluding hydrogens is 339 g/mol. The van der Waals surface area contributed by atoms with E-state index in [1.54, 1.807) is 6.07 Å². The molecule has 1 unspecified atom stereocenters. The summed E-state index contributed by atoms with van der Waals surface area (Å²) in [6.07, 6.45) is 1.31. The first-order valence-electron chi connectivity index (χ1n) is 7.51. The van der Waals surface area contributed by atoms with Gasteiger partial charge in [0, 0.05) is 0 Å². The van der Waals surface area contributed by atoms with Crippen LogP contribution in [0.2, 0.25) is 0 Å². The van der Waals surface area contributed by atoms with Gasteiger partial charge in [-0.3, -0.25) is 0 Å². The second-order valence-electron chi connectivity index (χ2n) is 5.63. The number of phenolic OH excluding ortho intramolecular Hbond substituents is 1. The topological polar surface area (TPSA) is 49.3 Å². The van der Waals surface area contributed by atoms with E-state index >= 15 is 0 Å². The van der Waals surface area contributed by atoms with E-state index in [1.165, 1.54) is 30.3 Å². The summed E-state index contributed by atoms with van der Waals surface area (Å²) in [5.74, 6) is 0.0243. The van der Waals surface area contributed by atoms with Crippen molar-refractivity contribution in [1.29, 1.82) is 0 Å². The van der Waals surface area contributed by atoms with E-state index < -0.39 is 16.3 Å². The molecule has 24 heavy (non-hydrogen) atoms. The number of hydrogen-bond acceptors (Lipinski definition) is 3. The first-order chi connectivity index (χ1) is 11.4. The monoisotopic (exact) mass is 355 g/mol. The lowest BCUT2D eigenvalue weighted by atomic mass is 9.96. The molecule has 3 rings (SSSR count). The van der Waals surface area contributed by atoms with Crippen molar-refractivity contribution in [1.82, 2.24) is 5.32 Å². The third-order valence-corrected chi connectivity index (χ3v) is 5.19. The molecule has 0 fully saturated rings. The van der Waals surface area contributed by atoms with Crippen LogP contribution in [0.1, 0.15) is 11.1 Å². The second-order valence-corrected chi connectivity index (χ2v) is 7.07. The maximum atomic E-state index is 13.1. The van der Waals surface area contributed by atoms with Crippen molar-refractivity contribution in [2.24, 2.45) is 0 Å². The third-order valence-electron chi connectivity index (χ3n) is 4.03. The number of aromatic hydroxyl groups is 1. The summed E-state index contributed by atoms with van der Waals surface area (Å²) in [6.45, 7) is 1.44. The van der Waals surface area contributed by atoms with Gasteiger partial charge in [0.05, 0.1) is 4.90 Å². The molecule has 0 saturated heterocycles. The molecule has 0 amide bonds. The number of alkyl halides is 3. The highest BCUT2D eigenvalue weighted by Gasteiger charge is 2.39. The van der Waals surface area contributed by atoms with Crippen molar-refractivity contribution < 1.29 is 22.5 Å². The molecule has 0 saturated carbocycles. The number of phenols is 1. The molecule has 1 heterocycles. The van der Waals surface area contributed by atoms with Crippen LogP contribution >= 0.6 is 0 Å². The molecule has 3 nitrogen and oxygen atoms in total. The zero-order valence-electron chi connectivity index (χ0n) is 12.7. The van der Waals surface area contributed by atoms with E-state index in [9.17, 15) is 22.5 Å². The maximum Gasteiger partial charge on any atom is 0.475 e. The zero-order chi connectivity index (χ0) is 17.3. The Labute approximate surface area is 140 Å². The maximum absolute atomic E-state index is 13.1. The predicted octanol–water partition coefficient (Wildman–Crippen LogP) is 3.37. The van der Waals surface area contributed by atoms with Crippen LogP contribution in [0.15, 0.2) is 41.3 Å². The number of halogens is 3. The first-order valence-corrected chi connectivity index (χ1v) is 8.66. The van der Waals surface area contributed by atoms with Crippen LogP contribution in [-0.2, 0) is 23.6 Å². The van der Waals surface area contributed by atoms with Crippen LogP contribution in [0.25, 0.3) is 11.1 Å². The van der Waals surface area contributed by atoms with Crippen LogP contribution in [-0.4, -0.2) is 27.9 Å². The average Bonchev–Trinajstić information content (AvgIpc) is 2.77. The van der Waals surface area contributed by atoms with Crippen molar-refractivity contribution >= 4 is 10.8 Å². The minimum Gasteiger partial charge on any atom is -0.508 e. The molecule has 2 N–H and O–H groups in total. The van der Waals surface area contributed by atoms with Gasteiger partial charge in [-0.2, -0.15) is 13.2 Å². The number of nitrogens with one attached hydrogen (secondary N) is 1. The zero-order valence-corrected chi connectivity index (χ0v) is 13.5. The van der Waals surface area contributed by atoms with Gasteiger partial charge in [-0.25, -0.2) is 4.21 Å². The first kappa shape index (κ1) is 17.0. The molecule has 0 aliphatic carbocycles. The highest BCUT2D eigenvalue weighted by atomic mass is 32.2. The standard InChI is InChI=1S/C17H16F3NO2S/c18-17(19,20)24(23)16-10-13-6-8-21-7-5-12(13)9-15(16)11-1-3-14(22)4-2-11/h1-4,9-10,21-22H,5-8H2. The smallest absolute Gasteiger partial charge is 0.475 e. The third kappa shape index (κ3) is 3.47. The number of rotatable bonds is 2. The van der Waals surface area contributed by atoms with E-state index in [0.717, 1.165) is 17.7 Å². The lowest BCUT2D eigenvalue weighted by Gasteiger charge is -2.16. The van der Waals surface area contributed by atoms with E-state index in [-0.39, 0.29) is 10.6 Å². The van der Waals surface area contributed by atoms with Crippen molar-refractivity contribution in [2.75, 3.05) is 13.1 Å². The number of fused-ring (bicyclic) bond motifs is 1. The fourth-order valence-electron chi connectivity index (χ4n) is 2.85. The Balaban J connectivity index is 2.19. The Bertz CT molecular complexity index is 773. The Morgan fingerprint density at radius 2 is 1.58 bits per heavy atom.